The second kappa shape index (κ2) is 7.45. The van der Waals surface area contributed by atoms with Crippen LogP contribution in [0.25, 0.3) is 11.3 Å². The molecule has 2 heterocycles. The molecule has 1 saturated heterocycles. The Kier molecular flexibility index (Phi) is 5.44. The molecule has 1 atom stereocenters. The average Bonchev–Trinajstić information content (AvgIpc) is 3.19. The van der Waals surface area contributed by atoms with Crippen molar-refractivity contribution in [3.05, 3.63) is 47.2 Å². The largest absolute Gasteiger partial charge is 0.459 e. The molecule has 1 fully saturated rings. The molecule has 0 radical (unpaired) electrons. The predicted molar refractivity (Wildman–Crippen MR) is 102 cm³/mol. The molecule has 1 unspecified atom stereocenters. The van der Waals surface area contributed by atoms with Crippen molar-refractivity contribution < 1.29 is 17.6 Å². The summed E-state index contributed by atoms with van der Waals surface area (Å²) >= 11 is 5.91. The third-order valence-electron chi connectivity index (χ3n) is 4.54. The molecule has 0 N–H and O–H groups in total. The van der Waals surface area contributed by atoms with Gasteiger partial charge in [-0.25, -0.2) is 8.42 Å². The van der Waals surface area contributed by atoms with Gasteiger partial charge in [-0.2, -0.15) is 0 Å². The van der Waals surface area contributed by atoms with Crippen LogP contribution in [0.2, 0.25) is 5.02 Å². The van der Waals surface area contributed by atoms with Gasteiger partial charge in [0.15, 0.2) is 9.84 Å². The molecule has 0 aliphatic carbocycles. The maximum absolute atomic E-state index is 12.6. The molecular formula is C19H22ClNO4S. The van der Waals surface area contributed by atoms with Crippen LogP contribution < -0.4 is 0 Å². The Bertz CT molecular complexity index is 887. The molecule has 1 aliphatic heterocycles. The third kappa shape index (κ3) is 4.30. The summed E-state index contributed by atoms with van der Waals surface area (Å²) in [7, 11) is -3.07. The highest BCUT2D eigenvalue weighted by molar-refractivity contribution is 7.91. The Morgan fingerprint density at radius 1 is 1.23 bits per heavy atom. The SMILES string of the molecule is CC(C)C(=O)N(Cc1ccc(-c2ccc(Cl)cc2)o1)C1CCS(=O)(=O)C1. The number of carbonyl (C=O) groups excluding carboxylic acids is 1. The number of nitrogens with zero attached hydrogens (tertiary/aromatic N) is 1. The van der Waals surface area contributed by atoms with Crippen molar-refractivity contribution in [3.63, 3.8) is 0 Å². The lowest BCUT2D eigenvalue weighted by Gasteiger charge is -2.29. The van der Waals surface area contributed by atoms with Crippen LogP contribution in [0.3, 0.4) is 0 Å². The van der Waals surface area contributed by atoms with E-state index in [1.54, 1.807) is 17.0 Å². The van der Waals surface area contributed by atoms with Gasteiger partial charge < -0.3 is 9.32 Å². The van der Waals surface area contributed by atoms with Gasteiger partial charge in [0.2, 0.25) is 5.91 Å². The molecule has 140 valence electrons. The first-order valence-corrected chi connectivity index (χ1v) is 10.8. The van der Waals surface area contributed by atoms with E-state index in [1.807, 2.05) is 38.1 Å². The lowest BCUT2D eigenvalue weighted by molar-refractivity contribution is -0.137. The Hall–Kier alpha value is -1.79. The highest BCUT2D eigenvalue weighted by Crippen LogP contribution is 2.27. The van der Waals surface area contributed by atoms with E-state index >= 15 is 0 Å². The predicted octanol–water partition coefficient (Wildman–Crippen LogP) is 3.77. The Labute approximate surface area is 158 Å². The van der Waals surface area contributed by atoms with Crippen LogP contribution in [0.4, 0.5) is 0 Å². The van der Waals surface area contributed by atoms with Crippen molar-refractivity contribution in [1.29, 1.82) is 0 Å². The Balaban J connectivity index is 1.81. The fourth-order valence-corrected chi connectivity index (χ4v) is 5.00. The number of benzene rings is 1. The highest BCUT2D eigenvalue weighted by atomic mass is 35.5. The second-order valence-corrected chi connectivity index (χ2v) is 9.62. The first kappa shape index (κ1) is 19.0. The number of sulfone groups is 1. The van der Waals surface area contributed by atoms with Gasteiger partial charge in [0.25, 0.3) is 0 Å². The molecule has 0 spiro atoms. The first-order chi connectivity index (χ1) is 12.2. The number of hydrogen-bond donors (Lipinski definition) is 0. The van der Waals surface area contributed by atoms with Gasteiger partial charge in [0, 0.05) is 22.5 Å². The summed E-state index contributed by atoms with van der Waals surface area (Å²) in [6.45, 7) is 3.91. The van der Waals surface area contributed by atoms with Crippen LogP contribution in [0.5, 0.6) is 0 Å². The van der Waals surface area contributed by atoms with Crippen molar-refractivity contribution in [3.8, 4) is 11.3 Å². The lowest BCUT2D eigenvalue weighted by Crippen LogP contribution is -2.42. The second-order valence-electron chi connectivity index (χ2n) is 6.95. The molecule has 3 rings (SSSR count). The zero-order valence-corrected chi connectivity index (χ0v) is 16.4. The van der Waals surface area contributed by atoms with E-state index < -0.39 is 9.84 Å². The van der Waals surface area contributed by atoms with Crippen LogP contribution >= 0.6 is 11.6 Å². The summed E-state index contributed by atoms with van der Waals surface area (Å²) in [5, 5.41) is 0.650. The van der Waals surface area contributed by atoms with Gasteiger partial charge in [-0.1, -0.05) is 25.4 Å². The fourth-order valence-electron chi connectivity index (χ4n) is 3.14. The van der Waals surface area contributed by atoms with E-state index in [9.17, 15) is 13.2 Å². The van der Waals surface area contributed by atoms with Crippen LogP contribution in [0, 0.1) is 5.92 Å². The van der Waals surface area contributed by atoms with Gasteiger partial charge in [0.05, 0.1) is 18.1 Å². The van der Waals surface area contributed by atoms with Crippen molar-refractivity contribution in [2.45, 2.75) is 32.9 Å². The van der Waals surface area contributed by atoms with Gasteiger partial charge in [0.1, 0.15) is 11.5 Å². The number of amides is 1. The number of hydrogen-bond acceptors (Lipinski definition) is 4. The molecule has 26 heavy (non-hydrogen) atoms. The summed E-state index contributed by atoms with van der Waals surface area (Å²) in [5.74, 6) is 1.21. The highest BCUT2D eigenvalue weighted by Gasteiger charge is 2.35. The Morgan fingerprint density at radius 3 is 2.50 bits per heavy atom. The number of halogens is 1. The monoisotopic (exact) mass is 395 g/mol. The minimum Gasteiger partial charge on any atom is -0.459 e. The molecule has 0 saturated carbocycles. The molecular weight excluding hydrogens is 374 g/mol. The summed E-state index contributed by atoms with van der Waals surface area (Å²) in [6.07, 6.45) is 0.478. The van der Waals surface area contributed by atoms with Crippen molar-refractivity contribution in [2.24, 2.45) is 5.92 Å². The van der Waals surface area contributed by atoms with Gasteiger partial charge in [-0.3, -0.25) is 4.79 Å². The molecule has 1 aromatic carbocycles. The number of rotatable bonds is 5. The third-order valence-corrected chi connectivity index (χ3v) is 6.55. The summed E-state index contributed by atoms with van der Waals surface area (Å²) < 4.78 is 29.6. The van der Waals surface area contributed by atoms with Crippen LogP contribution in [0.1, 0.15) is 26.0 Å². The average molecular weight is 396 g/mol. The van der Waals surface area contributed by atoms with Crippen LogP contribution in [-0.2, 0) is 21.2 Å². The van der Waals surface area contributed by atoms with E-state index in [0.29, 0.717) is 23.0 Å². The van der Waals surface area contributed by atoms with Crippen molar-refractivity contribution >= 4 is 27.3 Å². The van der Waals surface area contributed by atoms with Crippen molar-refractivity contribution in [1.82, 2.24) is 4.90 Å². The molecule has 1 amide bonds. The number of furan rings is 1. The molecule has 0 bridgehead atoms. The standard InChI is InChI=1S/C19H22ClNO4S/c1-13(2)19(22)21(16-9-10-26(23,24)12-16)11-17-7-8-18(25-17)14-3-5-15(20)6-4-14/h3-8,13,16H,9-12H2,1-2H3. The lowest BCUT2D eigenvalue weighted by atomic mass is 10.1. The maximum Gasteiger partial charge on any atom is 0.225 e. The van der Waals surface area contributed by atoms with E-state index in [2.05, 4.69) is 0 Å². The minimum atomic E-state index is -3.07. The summed E-state index contributed by atoms with van der Waals surface area (Å²) in [6, 6.07) is 10.7. The molecule has 1 aromatic heterocycles. The minimum absolute atomic E-state index is 0.0240. The number of carbonyl (C=O) groups is 1. The van der Waals surface area contributed by atoms with E-state index in [0.717, 1.165) is 5.56 Å². The van der Waals surface area contributed by atoms with Gasteiger partial charge in [-0.15, -0.1) is 0 Å². The van der Waals surface area contributed by atoms with Gasteiger partial charge in [-0.05, 0) is 42.8 Å². The van der Waals surface area contributed by atoms with E-state index in [4.69, 9.17) is 16.0 Å². The van der Waals surface area contributed by atoms with E-state index in [-0.39, 0.29) is 35.9 Å². The molecule has 5 nitrogen and oxygen atoms in total. The molecule has 7 heteroatoms. The normalized spacial score (nSPS) is 19.0. The van der Waals surface area contributed by atoms with Crippen LogP contribution in [-0.4, -0.2) is 36.8 Å². The molecule has 2 aromatic rings. The maximum atomic E-state index is 12.6. The summed E-state index contributed by atoms with van der Waals surface area (Å²) in [4.78, 5) is 14.3. The fraction of sp³-hybridized carbons (Fsp3) is 0.421. The van der Waals surface area contributed by atoms with Crippen LogP contribution in [0.15, 0.2) is 40.8 Å². The zero-order chi connectivity index (χ0) is 18.9. The first-order valence-electron chi connectivity index (χ1n) is 8.61. The van der Waals surface area contributed by atoms with Gasteiger partial charge >= 0.3 is 0 Å². The summed E-state index contributed by atoms with van der Waals surface area (Å²) in [5.41, 5.74) is 0.894. The Morgan fingerprint density at radius 2 is 1.92 bits per heavy atom. The topological polar surface area (TPSA) is 67.6 Å². The zero-order valence-electron chi connectivity index (χ0n) is 14.8. The van der Waals surface area contributed by atoms with Crippen molar-refractivity contribution in [2.75, 3.05) is 11.5 Å². The molecule has 1 aliphatic rings. The quantitative estimate of drug-likeness (QED) is 0.772. The smallest absolute Gasteiger partial charge is 0.225 e. The van der Waals surface area contributed by atoms with E-state index in [1.165, 1.54) is 0 Å².